The molecule has 100 valence electrons. The van der Waals surface area contributed by atoms with E-state index in [-0.39, 0.29) is 6.54 Å². The Bertz CT molecular complexity index is 336. The fraction of sp³-hybridized carbons (Fsp3) is 0.769. The molecule has 2 N–H and O–H groups in total. The van der Waals surface area contributed by atoms with Crippen molar-refractivity contribution in [3.63, 3.8) is 0 Å². The van der Waals surface area contributed by atoms with Crippen LogP contribution in [-0.4, -0.2) is 24.9 Å². The molecule has 2 atom stereocenters. The number of carbonyl (C=O) groups is 2. The molecule has 5 heteroatoms. The molecule has 0 aromatic carbocycles. The highest BCUT2D eigenvalue weighted by atomic mass is 16.2. The minimum absolute atomic E-state index is 0.133. The van der Waals surface area contributed by atoms with E-state index in [1.54, 1.807) is 6.07 Å². The summed E-state index contributed by atoms with van der Waals surface area (Å²) in [6.45, 7) is 2.67. The highest BCUT2D eigenvalue weighted by Crippen LogP contribution is 2.30. The Kier molecular flexibility index (Phi) is 6.20. The predicted octanol–water partition coefficient (Wildman–Crippen LogP) is 0.959. The van der Waals surface area contributed by atoms with E-state index >= 15 is 0 Å². The second-order valence-electron chi connectivity index (χ2n) is 5.02. The van der Waals surface area contributed by atoms with Crippen LogP contribution in [0.4, 0.5) is 0 Å². The highest BCUT2D eigenvalue weighted by molar-refractivity contribution is 6.35. The second-order valence-corrected chi connectivity index (χ2v) is 5.02. The molecule has 0 aliphatic heterocycles. The van der Waals surface area contributed by atoms with Crippen LogP contribution in [0.5, 0.6) is 0 Å². The first-order chi connectivity index (χ1) is 8.63. The lowest BCUT2D eigenvalue weighted by atomic mass is 9.81. The number of rotatable bonds is 4. The summed E-state index contributed by atoms with van der Waals surface area (Å²) >= 11 is 0. The fourth-order valence-electron chi connectivity index (χ4n) is 2.49. The van der Waals surface area contributed by atoms with Gasteiger partial charge in [0.15, 0.2) is 0 Å². The molecule has 1 rings (SSSR count). The average Bonchev–Trinajstić information content (AvgIpc) is 2.35. The molecule has 0 saturated heterocycles. The molecule has 0 bridgehead atoms. The minimum Gasteiger partial charge on any atom is -0.348 e. The Balaban J connectivity index is 2.15. The van der Waals surface area contributed by atoms with Crippen molar-refractivity contribution in [2.75, 3.05) is 13.1 Å². The molecular formula is C13H21N3O2. The van der Waals surface area contributed by atoms with E-state index in [9.17, 15) is 9.59 Å². The number of amides is 2. The van der Waals surface area contributed by atoms with Crippen molar-refractivity contribution in [1.29, 1.82) is 5.26 Å². The summed E-state index contributed by atoms with van der Waals surface area (Å²) in [5.41, 5.74) is 0. The molecule has 2 unspecified atom stereocenters. The van der Waals surface area contributed by atoms with Crippen LogP contribution in [0.2, 0.25) is 0 Å². The van der Waals surface area contributed by atoms with E-state index < -0.39 is 11.8 Å². The van der Waals surface area contributed by atoms with Crippen LogP contribution in [0.1, 0.15) is 39.0 Å². The van der Waals surface area contributed by atoms with Crippen molar-refractivity contribution in [3.05, 3.63) is 0 Å². The van der Waals surface area contributed by atoms with Gasteiger partial charge < -0.3 is 10.6 Å². The van der Waals surface area contributed by atoms with Crippen molar-refractivity contribution in [1.82, 2.24) is 10.6 Å². The highest BCUT2D eigenvalue weighted by Gasteiger charge is 2.19. The molecule has 1 saturated carbocycles. The van der Waals surface area contributed by atoms with Crippen LogP contribution >= 0.6 is 0 Å². The zero-order chi connectivity index (χ0) is 13.4. The topological polar surface area (TPSA) is 82.0 Å². The molecule has 0 spiro atoms. The fourth-order valence-corrected chi connectivity index (χ4v) is 2.49. The number of nitriles is 1. The first-order valence-electron chi connectivity index (χ1n) is 6.56. The minimum atomic E-state index is -0.728. The van der Waals surface area contributed by atoms with Gasteiger partial charge in [0.25, 0.3) is 0 Å². The van der Waals surface area contributed by atoms with Crippen LogP contribution in [0, 0.1) is 23.2 Å². The van der Waals surface area contributed by atoms with E-state index in [1.165, 1.54) is 25.7 Å². The van der Waals surface area contributed by atoms with Crippen molar-refractivity contribution in [2.24, 2.45) is 11.8 Å². The third-order valence-corrected chi connectivity index (χ3v) is 3.42. The van der Waals surface area contributed by atoms with Gasteiger partial charge in [-0.1, -0.05) is 26.2 Å². The lowest BCUT2D eigenvalue weighted by Gasteiger charge is -2.26. The zero-order valence-corrected chi connectivity index (χ0v) is 10.9. The monoisotopic (exact) mass is 251 g/mol. The Morgan fingerprint density at radius 2 is 2.00 bits per heavy atom. The van der Waals surface area contributed by atoms with Crippen LogP contribution in [0.25, 0.3) is 0 Å². The number of hydrogen-bond donors (Lipinski definition) is 2. The number of carbonyl (C=O) groups excluding carboxylic acids is 2. The maximum absolute atomic E-state index is 11.3. The first kappa shape index (κ1) is 14.5. The first-order valence-corrected chi connectivity index (χ1v) is 6.56. The van der Waals surface area contributed by atoms with Gasteiger partial charge in [0.2, 0.25) is 0 Å². The molecule has 18 heavy (non-hydrogen) atoms. The van der Waals surface area contributed by atoms with Gasteiger partial charge in [-0.05, 0) is 24.7 Å². The van der Waals surface area contributed by atoms with E-state index in [1.807, 2.05) is 0 Å². The Labute approximate surface area is 108 Å². The lowest BCUT2D eigenvalue weighted by molar-refractivity contribution is -0.139. The zero-order valence-electron chi connectivity index (χ0n) is 10.9. The van der Waals surface area contributed by atoms with Gasteiger partial charge >= 0.3 is 11.8 Å². The van der Waals surface area contributed by atoms with Crippen LogP contribution in [0.15, 0.2) is 0 Å². The maximum atomic E-state index is 11.3. The Hall–Kier alpha value is -1.57. The van der Waals surface area contributed by atoms with Crippen LogP contribution in [0.3, 0.4) is 0 Å². The van der Waals surface area contributed by atoms with Gasteiger partial charge in [-0.25, -0.2) is 0 Å². The molecule has 1 aliphatic carbocycles. The van der Waals surface area contributed by atoms with Gasteiger partial charge in [0.1, 0.15) is 6.54 Å². The van der Waals surface area contributed by atoms with Crippen LogP contribution < -0.4 is 10.6 Å². The third-order valence-electron chi connectivity index (χ3n) is 3.42. The van der Waals surface area contributed by atoms with Crippen LogP contribution in [-0.2, 0) is 9.59 Å². The number of nitrogens with one attached hydrogen (secondary N) is 2. The largest absolute Gasteiger partial charge is 0.348 e. The summed E-state index contributed by atoms with van der Waals surface area (Å²) in [6, 6.07) is 1.75. The predicted molar refractivity (Wildman–Crippen MR) is 67.4 cm³/mol. The summed E-state index contributed by atoms with van der Waals surface area (Å²) < 4.78 is 0. The molecule has 0 radical (unpaired) electrons. The molecule has 0 aromatic rings. The molecule has 1 aliphatic rings. The third kappa shape index (κ3) is 5.17. The molecule has 0 aromatic heterocycles. The quantitative estimate of drug-likeness (QED) is 0.576. The van der Waals surface area contributed by atoms with Gasteiger partial charge in [0.05, 0.1) is 6.07 Å². The number of hydrogen-bond acceptors (Lipinski definition) is 3. The van der Waals surface area contributed by atoms with E-state index in [2.05, 4.69) is 17.6 Å². The summed E-state index contributed by atoms with van der Waals surface area (Å²) in [7, 11) is 0. The Morgan fingerprint density at radius 3 is 2.67 bits per heavy atom. The summed E-state index contributed by atoms with van der Waals surface area (Å²) in [4.78, 5) is 22.5. The lowest BCUT2D eigenvalue weighted by Crippen LogP contribution is -2.40. The standard InChI is InChI=1S/C13H21N3O2/c1-10-3-2-4-11(9-10)5-7-15-12(17)13(18)16-8-6-14/h10-11H,2-5,7-9H2,1H3,(H,15,17)(H,16,18). The number of nitrogens with zero attached hydrogens (tertiary/aromatic N) is 1. The summed E-state index contributed by atoms with van der Waals surface area (Å²) in [5, 5.41) is 13.1. The molecule has 0 heterocycles. The molecular weight excluding hydrogens is 230 g/mol. The van der Waals surface area contributed by atoms with Crippen molar-refractivity contribution in [3.8, 4) is 6.07 Å². The second kappa shape index (κ2) is 7.70. The van der Waals surface area contributed by atoms with E-state index in [4.69, 9.17) is 5.26 Å². The van der Waals surface area contributed by atoms with E-state index in [0.717, 1.165) is 12.3 Å². The SMILES string of the molecule is CC1CCCC(CCNC(=O)C(=O)NCC#N)C1. The van der Waals surface area contributed by atoms with Gasteiger partial charge in [0, 0.05) is 6.54 Å². The smallest absolute Gasteiger partial charge is 0.310 e. The van der Waals surface area contributed by atoms with Crippen molar-refractivity contribution < 1.29 is 9.59 Å². The average molecular weight is 251 g/mol. The molecule has 2 amide bonds. The normalized spacial score (nSPS) is 22.9. The van der Waals surface area contributed by atoms with Crippen molar-refractivity contribution in [2.45, 2.75) is 39.0 Å². The van der Waals surface area contributed by atoms with Gasteiger partial charge in [-0.15, -0.1) is 0 Å². The molecule has 1 fully saturated rings. The van der Waals surface area contributed by atoms with Crippen molar-refractivity contribution >= 4 is 11.8 Å². The Morgan fingerprint density at radius 1 is 1.28 bits per heavy atom. The van der Waals surface area contributed by atoms with E-state index in [0.29, 0.717) is 12.5 Å². The summed E-state index contributed by atoms with van der Waals surface area (Å²) in [6.07, 6.45) is 5.95. The maximum Gasteiger partial charge on any atom is 0.310 e. The summed E-state index contributed by atoms with van der Waals surface area (Å²) in [5.74, 6) is 0.0669. The molecule has 5 nitrogen and oxygen atoms in total. The van der Waals surface area contributed by atoms with Gasteiger partial charge in [-0.2, -0.15) is 5.26 Å². The van der Waals surface area contributed by atoms with Gasteiger partial charge in [-0.3, -0.25) is 9.59 Å².